The highest BCUT2D eigenvalue weighted by Gasteiger charge is 2.20. The summed E-state index contributed by atoms with van der Waals surface area (Å²) in [5.74, 6) is -0.876. The Labute approximate surface area is 272 Å². The van der Waals surface area contributed by atoms with Crippen LogP contribution in [0.25, 0.3) is 5.69 Å². The fourth-order valence-electron chi connectivity index (χ4n) is 4.01. The standard InChI is InChI=1S/C29H22ClN7O8S2/c1-17-27(29(39)37(36-17)26-16-24(47(43,44)45)14-15-25(26)30)35-34-20-4-2-18(3-5-20)28(38)31-19-6-8-21(9-7-19)32-33-22-10-12-23(13-11-22)46(40,41)42/h2-16,39H,1H3,(H,31,38)(H,40,41,42)(H,43,44,45). The minimum absolute atomic E-state index is 0.00965. The van der Waals surface area contributed by atoms with E-state index in [0.717, 1.165) is 16.8 Å². The Hall–Kier alpha value is -5.33. The molecule has 0 saturated heterocycles. The number of nitrogens with one attached hydrogen (secondary N) is 1. The van der Waals surface area contributed by atoms with Gasteiger partial charge in [-0.3, -0.25) is 13.9 Å². The van der Waals surface area contributed by atoms with E-state index in [1.807, 2.05) is 0 Å². The predicted octanol–water partition coefficient (Wildman–Crippen LogP) is 7.12. The summed E-state index contributed by atoms with van der Waals surface area (Å²) in [4.78, 5) is 12.1. The van der Waals surface area contributed by atoms with Gasteiger partial charge in [-0.2, -0.15) is 42.0 Å². The molecule has 0 unspecified atom stereocenters. The summed E-state index contributed by atoms with van der Waals surface area (Å²) in [6.45, 7) is 1.54. The monoisotopic (exact) mass is 695 g/mol. The lowest BCUT2D eigenvalue weighted by atomic mass is 10.2. The highest BCUT2D eigenvalue weighted by Crippen LogP contribution is 2.36. The largest absolute Gasteiger partial charge is 0.492 e. The maximum Gasteiger partial charge on any atom is 0.294 e. The van der Waals surface area contributed by atoms with Gasteiger partial charge in [0, 0.05) is 11.3 Å². The van der Waals surface area contributed by atoms with Crippen LogP contribution in [-0.2, 0) is 20.2 Å². The number of aromatic hydroxyl groups is 1. The van der Waals surface area contributed by atoms with Crippen molar-refractivity contribution < 1.29 is 35.8 Å². The van der Waals surface area contributed by atoms with Gasteiger partial charge < -0.3 is 10.4 Å². The Morgan fingerprint density at radius 1 is 0.745 bits per heavy atom. The summed E-state index contributed by atoms with van der Waals surface area (Å²) in [5.41, 5.74) is 2.22. The molecule has 0 fully saturated rings. The minimum Gasteiger partial charge on any atom is -0.492 e. The molecule has 4 N–H and O–H groups in total. The molecule has 4 aromatic carbocycles. The van der Waals surface area contributed by atoms with E-state index in [-0.39, 0.29) is 27.0 Å². The normalized spacial score (nSPS) is 12.2. The SMILES string of the molecule is Cc1nn(-c2cc(S(=O)(=O)O)ccc2Cl)c(O)c1N=Nc1ccc(C(=O)Nc2ccc(N=Nc3ccc(S(=O)(=O)O)cc3)cc2)cc1. The molecule has 5 aromatic rings. The van der Waals surface area contributed by atoms with Crippen LogP contribution in [0.1, 0.15) is 16.1 Å². The first-order valence-electron chi connectivity index (χ1n) is 13.2. The first-order valence-corrected chi connectivity index (χ1v) is 16.4. The van der Waals surface area contributed by atoms with E-state index in [1.165, 1.54) is 54.6 Å². The number of carbonyl (C=O) groups is 1. The zero-order valence-electron chi connectivity index (χ0n) is 23.9. The van der Waals surface area contributed by atoms with Crippen LogP contribution in [0.15, 0.2) is 121 Å². The van der Waals surface area contributed by atoms with Crippen molar-refractivity contribution in [3.05, 3.63) is 107 Å². The van der Waals surface area contributed by atoms with Crippen LogP contribution in [-0.4, -0.2) is 46.7 Å². The van der Waals surface area contributed by atoms with Crippen molar-refractivity contribution in [1.29, 1.82) is 0 Å². The lowest BCUT2D eigenvalue weighted by molar-refractivity contribution is 0.102. The average molecular weight is 696 g/mol. The summed E-state index contributed by atoms with van der Waals surface area (Å²) in [6, 6.07) is 21.2. The summed E-state index contributed by atoms with van der Waals surface area (Å²) in [6.07, 6.45) is 0. The number of azo groups is 2. The van der Waals surface area contributed by atoms with Crippen molar-refractivity contribution in [2.24, 2.45) is 20.5 Å². The van der Waals surface area contributed by atoms with Gasteiger partial charge in [0.05, 0.1) is 43.3 Å². The number of rotatable bonds is 9. The summed E-state index contributed by atoms with van der Waals surface area (Å²) in [7, 11) is -8.84. The van der Waals surface area contributed by atoms with Gasteiger partial charge in [0.2, 0.25) is 5.88 Å². The average Bonchev–Trinajstić information content (AvgIpc) is 3.31. The molecule has 240 valence electrons. The van der Waals surface area contributed by atoms with E-state index < -0.39 is 36.9 Å². The molecule has 1 heterocycles. The van der Waals surface area contributed by atoms with Gasteiger partial charge in [-0.1, -0.05) is 11.6 Å². The first kappa shape index (κ1) is 33.0. The Bertz CT molecular complexity index is 2260. The van der Waals surface area contributed by atoms with E-state index in [9.17, 15) is 31.3 Å². The smallest absolute Gasteiger partial charge is 0.294 e. The second-order valence-electron chi connectivity index (χ2n) is 9.67. The molecule has 5 rings (SSSR count). The number of aromatic nitrogens is 2. The fraction of sp³-hybridized carbons (Fsp3) is 0.0345. The number of aryl methyl sites for hydroxylation is 1. The third-order valence-electron chi connectivity index (χ3n) is 6.38. The van der Waals surface area contributed by atoms with Gasteiger partial charge in [0.15, 0.2) is 5.69 Å². The molecule has 0 saturated carbocycles. The first-order chi connectivity index (χ1) is 22.2. The van der Waals surface area contributed by atoms with Crippen LogP contribution in [0.4, 0.5) is 28.4 Å². The Morgan fingerprint density at radius 3 is 1.79 bits per heavy atom. The molecule has 0 aliphatic carbocycles. The number of hydrogen-bond donors (Lipinski definition) is 4. The molecule has 0 spiro atoms. The van der Waals surface area contributed by atoms with Crippen molar-refractivity contribution >= 4 is 66.2 Å². The second-order valence-corrected chi connectivity index (χ2v) is 12.9. The molecule has 1 aromatic heterocycles. The Kier molecular flexibility index (Phi) is 9.27. The highest BCUT2D eigenvalue weighted by molar-refractivity contribution is 7.86. The van der Waals surface area contributed by atoms with Crippen LogP contribution in [0.2, 0.25) is 5.02 Å². The van der Waals surface area contributed by atoms with Crippen molar-refractivity contribution in [2.75, 3.05) is 5.32 Å². The third-order valence-corrected chi connectivity index (χ3v) is 8.42. The zero-order valence-corrected chi connectivity index (χ0v) is 26.3. The lowest BCUT2D eigenvalue weighted by Gasteiger charge is -2.07. The van der Waals surface area contributed by atoms with Gasteiger partial charge in [0.25, 0.3) is 26.1 Å². The number of benzene rings is 4. The number of anilines is 1. The molecule has 15 nitrogen and oxygen atoms in total. The van der Waals surface area contributed by atoms with E-state index in [2.05, 4.69) is 30.9 Å². The predicted molar refractivity (Wildman–Crippen MR) is 170 cm³/mol. The summed E-state index contributed by atoms with van der Waals surface area (Å²) < 4.78 is 64.7. The molecule has 0 atom stereocenters. The molecular formula is C29H22ClN7O8S2. The van der Waals surface area contributed by atoms with Crippen LogP contribution in [0, 0.1) is 6.92 Å². The summed E-state index contributed by atoms with van der Waals surface area (Å²) in [5, 5.41) is 33.9. The van der Waals surface area contributed by atoms with Crippen LogP contribution >= 0.6 is 11.6 Å². The number of carbonyl (C=O) groups excluding carboxylic acids is 1. The van der Waals surface area contributed by atoms with E-state index in [1.54, 1.807) is 31.2 Å². The molecule has 47 heavy (non-hydrogen) atoms. The number of nitrogens with zero attached hydrogens (tertiary/aromatic N) is 6. The number of amides is 1. The second kappa shape index (κ2) is 13.2. The maximum atomic E-state index is 12.8. The van der Waals surface area contributed by atoms with Crippen molar-refractivity contribution in [3.63, 3.8) is 0 Å². The van der Waals surface area contributed by atoms with Gasteiger partial charge in [0.1, 0.15) is 0 Å². The molecule has 0 aliphatic heterocycles. The third kappa shape index (κ3) is 7.91. The van der Waals surface area contributed by atoms with Crippen LogP contribution < -0.4 is 5.32 Å². The van der Waals surface area contributed by atoms with Crippen molar-refractivity contribution in [1.82, 2.24) is 9.78 Å². The number of hydrogen-bond acceptors (Lipinski definition) is 11. The molecule has 1 amide bonds. The van der Waals surface area contributed by atoms with E-state index in [4.69, 9.17) is 16.2 Å². The zero-order chi connectivity index (χ0) is 33.9. The molecule has 18 heteroatoms. The van der Waals surface area contributed by atoms with Crippen molar-refractivity contribution in [3.8, 4) is 11.6 Å². The quantitative estimate of drug-likeness (QED) is 0.0908. The van der Waals surface area contributed by atoms with Crippen LogP contribution in [0.3, 0.4) is 0 Å². The molecule has 0 aliphatic rings. The molecular weight excluding hydrogens is 674 g/mol. The Morgan fingerprint density at radius 2 is 1.23 bits per heavy atom. The Balaban J connectivity index is 1.23. The van der Waals surface area contributed by atoms with Gasteiger partial charge >= 0.3 is 0 Å². The maximum absolute atomic E-state index is 12.8. The highest BCUT2D eigenvalue weighted by atomic mass is 35.5. The molecule has 0 bridgehead atoms. The van der Waals surface area contributed by atoms with Crippen LogP contribution in [0.5, 0.6) is 5.88 Å². The van der Waals surface area contributed by atoms with Gasteiger partial charge in [-0.05, 0) is 97.9 Å². The van der Waals surface area contributed by atoms with Crippen molar-refractivity contribution in [2.45, 2.75) is 16.7 Å². The minimum atomic E-state index is -4.54. The van der Waals surface area contributed by atoms with E-state index in [0.29, 0.717) is 28.3 Å². The number of halogens is 1. The lowest BCUT2D eigenvalue weighted by Crippen LogP contribution is -2.11. The summed E-state index contributed by atoms with van der Waals surface area (Å²) >= 11 is 6.17. The topological polar surface area (TPSA) is 225 Å². The molecule has 0 radical (unpaired) electrons. The van der Waals surface area contributed by atoms with E-state index >= 15 is 0 Å². The fourth-order valence-corrected chi connectivity index (χ4v) is 5.19. The van der Waals surface area contributed by atoms with Gasteiger partial charge in [-0.15, -0.1) is 5.11 Å². The van der Waals surface area contributed by atoms with Gasteiger partial charge in [-0.25, -0.2) is 0 Å².